The summed E-state index contributed by atoms with van der Waals surface area (Å²) in [6.07, 6.45) is 4.62. The van der Waals surface area contributed by atoms with E-state index in [4.69, 9.17) is 9.84 Å². The first-order chi connectivity index (χ1) is 14.2. The fourth-order valence-electron chi connectivity index (χ4n) is 2.58. The van der Waals surface area contributed by atoms with Crippen molar-refractivity contribution < 1.29 is 14.3 Å². The highest BCUT2D eigenvalue weighted by molar-refractivity contribution is 7.13. The molecule has 0 saturated carbocycles. The number of hydrogen-bond donors (Lipinski definition) is 2. The highest BCUT2D eigenvalue weighted by atomic mass is 32.1. The van der Waals surface area contributed by atoms with Gasteiger partial charge in [0.25, 0.3) is 0 Å². The number of benzene rings is 1. The third-order valence-electron chi connectivity index (χ3n) is 3.90. The van der Waals surface area contributed by atoms with Crippen molar-refractivity contribution in [3.63, 3.8) is 0 Å². The van der Waals surface area contributed by atoms with Crippen LogP contribution in [-0.2, 0) is 9.53 Å². The second-order valence-corrected chi connectivity index (χ2v) is 6.91. The minimum atomic E-state index is -0.494. The third kappa shape index (κ3) is 5.79. The summed E-state index contributed by atoms with van der Waals surface area (Å²) in [5, 5.41) is 12.0. The molecule has 0 unspecified atom stereocenters. The lowest BCUT2D eigenvalue weighted by molar-refractivity contribution is -0.116. The maximum absolute atomic E-state index is 12.1. The lowest BCUT2D eigenvalue weighted by atomic mass is 10.2. The number of nitrogens with one attached hydrogen (secondary N) is 2. The summed E-state index contributed by atoms with van der Waals surface area (Å²) < 4.78 is 6.56. The van der Waals surface area contributed by atoms with Gasteiger partial charge in [-0.2, -0.15) is 5.10 Å². The van der Waals surface area contributed by atoms with E-state index >= 15 is 0 Å². The molecular weight excluding hydrogens is 388 g/mol. The minimum Gasteiger partial charge on any atom is -0.450 e. The quantitative estimate of drug-likeness (QED) is 0.440. The maximum Gasteiger partial charge on any atom is 0.407 e. The summed E-state index contributed by atoms with van der Waals surface area (Å²) in [5.74, 6) is -0.250. The summed E-state index contributed by atoms with van der Waals surface area (Å²) >= 11 is 1.59. The Bertz CT molecular complexity index is 965. The topological polar surface area (TPSA) is 85.3 Å². The van der Waals surface area contributed by atoms with E-state index in [-0.39, 0.29) is 5.91 Å². The van der Waals surface area contributed by atoms with Crippen LogP contribution in [-0.4, -0.2) is 41.5 Å². The molecule has 2 aromatic heterocycles. The van der Waals surface area contributed by atoms with Crippen molar-refractivity contribution in [3.05, 3.63) is 65.7 Å². The monoisotopic (exact) mass is 410 g/mol. The first-order valence-corrected chi connectivity index (χ1v) is 10.1. The molecule has 150 valence electrons. The molecule has 0 bridgehead atoms. The number of rotatable bonds is 8. The SMILES string of the molecule is CCOC(=O)NCCNC(=O)/C=C/c1cn(-c2ccccc2)nc1-c1cccs1. The molecule has 0 radical (unpaired) electrons. The molecule has 0 saturated heterocycles. The average molecular weight is 410 g/mol. The van der Waals surface area contributed by atoms with E-state index in [9.17, 15) is 9.59 Å². The Hall–Kier alpha value is -3.39. The number of thiophene rings is 1. The average Bonchev–Trinajstić information content (AvgIpc) is 3.40. The molecule has 7 nitrogen and oxygen atoms in total. The second-order valence-electron chi connectivity index (χ2n) is 5.96. The fraction of sp³-hybridized carbons (Fsp3) is 0.190. The predicted octanol–water partition coefficient (Wildman–Crippen LogP) is 3.48. The van der Waals surface area contributed by atoms with Gasteiger partial charge in [-0.15, -0.1) is 11.3 Å². The molecule has 3 aromatic rings. The van der Waals surface area contributed by atoms with Crippen LogP contribution in [0.3, 0.4) is 0 Å². The van der Waals surface area contributed by atoms with Gasteiger partial charge in [-0.3, -0.25) is 4.79 Å². The van der Waals surface area contributed by atoms with Gasteiger partial charge in [0.15, 0.2) is 0 Å². The van der Waals surface area contributed by atoms with E-state index in [0.29, 0.717) is 19.7 Å². The second kappa shape index (κ2) is 10.2. The van der Waals surface area contributed by atoms with E-state index in [0.717, 1.165) is 21.8 Å². The molecule has 3 rings (SSSR count). The van der Waals surface area contributed by atoms with Crippen LogP contribution in [0.4, 0.5) is 4.79 Å². The smallest absolute Gasteiger partial charge is 0.407 e. The first-order valence-electron chi connectivity index (χ1n) is 9.23. The van der Waals surface area contributed by atoms with Gasteiger partial charge < -0.3 is 15.4 Å². The van der Waals surface area contributed by atoms with Crippen LogP contribution in [0.1, 0.15) is 12.5 Å². The van der Waals surface area contributed by atoms with Gasteiger partial charge in [-0.25, -0.2) is 9.48 Å². The van der Waals surface area contributed by atoms with Crippen LogP contribution < -0.4 is 10.6 Å². The molecule has 0 atom stereocenters. The van der Waals surface area contributed by atoms with Crippen molar-refractivity contribution in [1.29, 1.82) is 0 Å². The van der Waals surface area contributed by atoms with Crippen LogP contribution in [0, 0.1) is 0 Å². The van der Waals surface area contributed by atoms with Gasteiger partial charge >= 0.3 is 6.09 Å². The molecular formula is C21H22N4O3S. The molecule has 2 heterocycles. The summed E-state index contributed by atoms with van der Waals surface area (Å²) in [7, 11) is 0. The largest absolute Gasteiger partial charge is 0.450 e. The molecule has 0 aliphatic carbocycles. The summed E-state index contributed by atoms with van der Waals surface area (Å²) in [6, 6.07) is 13.8. The number of hydrogen-bond acceptors (Lipinski definition) is 5. The molecule has 0 fully saturated rings. The lowest BCUT2D eigenvalue weighted by Crippen LogP contribution is -2.34. The van der Waals surface area contributed by atoms with E-state index < -0.39 is 6.09 Å². The maximum atomic E-state index is 12.1. The number of carbonyl (C=O) groups excluding carboxylic acids is 2. The van der Waals surface area contributed by atoms with Gasteiger partial charge in [0.05, 0.1) is 17.2 Å². The number of nitrogens with zero attached hydrogens (tertiary/aromatic N) is 2. The van der Waals surface area contributed by atoms with E-state index in [1.807, 2.05) is 54.0 Å². The van der Waals surface area contributed by atoms with Crippen molar-refractivity contribution in [3.8, 4) is 16.3 Å². The zero-order chi connectivity index (χ0) is 20.5. The number of ether oxygens (including phenoxy) is 1. The standard InChI is InChI=1S/C21H22N4O3S/c1-2-28-21(27)23-13-12-22-19(26)11-10-16-15-25(17-7-4-3-5-8-17)24-20(16)18-9-6-14-29-18/h3-11,14-15H,2,12-13H2,1H3,(H,22,26)(H,23,27)/b11-10+. The third-order valence-corrected chi connectivity index (χ3v) is 4.78. The van der Waals surface area contributed by atoms with Crippen LogP contribution in [0.25, 0.3) is 22.3 Å². The number of amides is 2. The summed E-state index contributed by atoms with van der Waals surface area (Å²) in [4.78, 5) is 24.3. The Kier molecular flexibility index (Phi) is 7.18. The first kappa shape index (κ1) is 20.3. The van der Waals surface area contributed by atoms with Crippen molar-refractivity contribution in [2.45, 2.75) is 6.92 Å². The molecule has 29 heavy (non-hydrogen) atoms. The Morgan fingerprint density at radius 1 is 1.14 bits per heavy atom. The Morgan fingerprint density at radius 2 is 1.93 bits per heavy atom. The highest BCUT2D eigenvalue weighted by Crippen LogP contribution is 2.28. The lowest BCUT2D eigenvalue weighted by Gasteiger charge is -2.05. The zero-order valence-corrected chi connectivity index (χ0v) is 16.8. The van der Waals surface area contributed by atoms with Crippen molar-refractivity contribution in [1.82, 2.24) is 20.4 Å². The molecule has 2 amide bonds. The molecule has 0 spiro atoms. The van der Waals surface area contributed by atoms with Gasteiger partial charge in [-0.05, 0) is 36.6 Å². The van der Waals surface area contributed by atoms with Gasteiger partial charge in [0.2, 0.25) is 5.91 Å². The van der Waals surface area contributed by atoms with Crippen molar-refractivity contribution >= 4 is 29.4 Å². The number of para-hydroxylation sites is 1. The molecule has 0 aliphatic heterocycles. The predicted molar refractivity (Wildman–Crippen MR) is 114 cm³/mol. The number of carbonyl (C=O) groups is 2. The summed E-state index contributed by atoms with van der Waals surface area (Å²) in [5.41, 5.74) is 2.60. The van der Waals surface area contributed by atoms with Gasteiger partial charge in [0.1, 0.15) is 5.69 Å². The molecule has 1 aromatic carbocycles. The van der Waals surface area contributed by atoms with Gasteiger partial charge in [-0.1, -0.05) is 24.3 Å². The number of aromatic nitrogens is 2. The minimum absolute atomic E-state index is 0.250. The van der Waals surface area contributed by atoms with Crippen molar-refractivity contribution in [2.75, 3.05) is 19.7 Å². The zero-order valence-electron chi connectivity index (χ0n) is 16.0. The fourth-order valence-corrected chi connectivity index (χ4v) is 3.31. The van der Waals surface area contributed by atoms with Crippen LogP contribution in [0.2, 0.25) is 0 Å². The van der Waals surface area contributed by atoms with Crippen LogP contribution >= 0.6 is 11.3 Å². The Labute approximate surface area is 173 Å². The van der Waals surface area contributed by atoms with Crippen LogP contribution in [0.15, 0.2) is 60.1 Å². The Morgan fingerprint density at radius 3 is 2.66 bits per heavy atom. The number of alkyl carbamates (subject to hydrolysis) is 1. The van der Waals surface area contributed by atoms with Crippen LogP contribution in [0.5, 0.6) is 0 Å². The molecule has 0 aliphatic rings. The van der Waals surface area contributed by atoms with Crippen molar-refractivity contribution in [2.24, 2.45) is 0 Å². The highest BCUT2D eigenvalue weighted by Gasteiger charge is 2.11. The Balaban J connectivity index is 1.67. The normalized spacial score (nSPS) is 10.8. The summed E-state index contributed by atoms with van der Waals surface area (Å²) in [6.45, 7) is 2.65. The van der Waals surface area contributed by atoms with E-state index in [2.05, 4.69) is 10.6 Å². The molecule has 2 N–H and O–H groups in total. The van der Waals surface area contributed by atoms with Gasteiger partial charge in [0, 0.05) is 30.9 Å². The molecule has 8 heteroatoms. The van der Waals surface area contributed by atoms with E-state index in [1.165, 1.54) is 6.08 Å². The van der Waals surface area contributed by atoms with E-state index in [1.54, 1.807) is 29.0 Å².